The van der Waals surface area contributed by atoms with Gasteiger partial charge in [-0.3, -0.25) is 30.3 Å². The number of nitrogen functional groups attached to an aromatic ring is 1. The number of hydrogen-bond donors (Lipinski definition) is 1. The predicted molar refractivity (Wildman–Crippen MR) is 81.4 cm³/mol. The molecule has 0 saturated heterocycles. The second kappa shape index (κ2) is 6.27. The molecule has 2 aromatic rings. The van der Waals surface area contributed by atoms with E-state index in [0.29, 0.717) is 0 Å². The SMILES string of the molecule is Nc1ccc(Sc2ccc([N+](=O)[O-])cc2[N+](=O)[O-])c([N+](=O)[O-])c1. The van der Waals surface area contributed by atoms with E-state index in [-0.39, 0.29) is 21.2 Å². The summed E-state index contributed by atoms with van der Waals surface area (Å²) in [5, 5.41) is 32.8. The van der Waals surface area contributed by atoms with Gasteiger partial charge in [-0.15, -0.1) is 0 Å². The van der Waals surface area contributed by atoms with Crippen molar-refractivity contribution in [1.29, 1.82) is 0 Å². The second-order valence-corrected chi connectivity index (χ2v) is 5.34. The first kappa shape index (κ1) is 16.2. The van der Waals surface area contributed by atoms with E-state index in [1.807, 2.05) is 0 Å². The molecular formula is C12H8N4O6S. The van der Waals surface area contributed by atoms with Gasteiger partial charge in [0.1, 0.15) is 0 Å². The van der Waals surface area contributed by atoms with E-state index >= 15 is 0 Å². The largest absolute Gasteiger partial charge is 0.399 e. The average molecular weight is 336 g/mol. The molecule has 0 saturated carbocycles. The van der Waals surface area contributed by atoms with E-state index in [0.717, 1.165) is 30.0 Å². The van der Waals surface area contributed by atoms with Gasteiger partial charge in [0.25, 0.3) is 17.1 Å². The van der Waals surface area contributed by atoms with Gasteiger partial charge < -0.3 is 5.73 Å². The molecule has 0 heterocycles. The van der Waals surface area contributed by atoms with E-state index < -0.39 is 26.1 Å². The fourth-order valence-electron chi connectivity index (χ4n) is 1.73. The molecule has 2 rings (SSSR count). The lowest BCUT2D eigenvalue weighted by atomic mass is 10.3. The van der Waals surface area contributed by atoms with E-state index in [9.17, 15) is 30.3 Å². The standard InChI is InChI=1S/C12H8N4O6S/c13-7-1-3-11(9(5-7)15(19)20)23-12-4-2-8(14(17)18)6-10(12)16(21)22/h1-6H,13H2. The summed E-state index contributed by atoms with van der Waals surface area (Å²) in [6.45, 7) is 0. The zero-order valence-electron chi connectivity index (χ0n) is 11.2. The molecule has 2 N–H and O–H groups in total. The molecule has 0 atom stereocenters. The Bertz CT molecular complexity index is 825. The van der Waals surface area contributed by atoms with E-state index in [1.165, 1.54) is 18.2 Å². The molecule has 10 nitrogen and oxygen atoms in total. The fraction of sp³-hybridized carbons (Fsp3) is 0. The lowest BCUT2D eigenvalue weighted by Crippen LogP contribution is -1.96. The van der Waals surface area contributed by atoms with Gasteiger partial charge in [0, 0.05) is 17.8 Å². The fourth-order valence-corrected chi connectivity index (χ4v) is 2.72. The number of rotatable bonds is 5. The number of nitro benzene ring substituents is 3. The number of nitrogens with zero attached hydrogens (tertiary/aromatic N) is 3. The Morgan fingerprint density at radius 1 is 0.783 bits per heavy atom. The highest BCUT2D eigenvalue weighted by atomic mass is 32.2. The normalized spacial score (nSPS) is 10.3. The summed E-state index contributed by atoms with van der Waals surface area (Å²) in [6, 6.07) is 7.01. The topological polar surface area (TPSA) is 155 Å². The summed E-state index contributed by atoms with van der Waals surface area (Å²) in [5.74, 6) is 0. The highest BCUT2D eigenvalue weighted by Gasteiger charge is 2.23. The molecule has 2 aromatic carbocycles. The number of anilines is 1. The van der Waals surface area contributed by atoms with Gasteiger partial charge >= 0.3 is 0 Å². The van der Waals surface area contributed by atoms with Crippen molar-refractivity contribution in [3.63, 3.8) is 0 Å². The minimum Gasteiger partial charge on any atom is -0.399 e. The van der Waals surface area contributed by atoms with E-state index in [2.05, 4.69) is 0 Å². The summed E-state index contributed by atoms with van der Waals surface area (Å²) in [6.07, 6.45) is 0. The quantitative estimate of drug-likeness (QED) is 0.495. The Morgan fingerprint density at radius 3 is 1.83 bits per heavy atom. The van der Waals surface area contributed by atoms with Crippen LogP contribution >= 0.6 is 11.8 Å². The van der Waals surface area contributed by atoms with Crippen LogP contribution in [0.4, 0.5) is 22.7 Å². The lowest BCUT2D eigenvalue weighted by Gasteiger charge is -2.05. The number of hydrogen-bond acceptors (Lipinski definition) is 8. The first-order valence-corrected chi connectivity index (χ1v) is 6.76. The molecule has 0 aliphatic heterocycles. The number of nitro groups is 3. The maximum absolute atomic E-state index is 11.1. The first-order valence-electron chi connectivity index (χ1n) is 5.94. The predicted octanol–water partition coefficient (Wildman–Crippen LogP) is 3.14. The van der Waals surface area contributed by atoms with Gasteiger partial charge in [-0.05, 0) is 18.2 Å². The van der Waals surface area contributed by atoms with Crippen LogP contribution in [0, 0.1) is 30.3 Å². The zero-order chi connectivity index (χ0) is 17.1. The van der Waals surface area contributed by atoms with Gasteiger partial charge in [-0.25, -0.2) is 0 Å². The van der Waals surface area contributed by atoms with E-state index in [1.54, 1.807) is 0 Å². The zero-order valence-corrected chi connectivity index (χ0v) is 12.1. The number of benzene rings is 2. The third-order valence-electron chi connectivity index (χ3n) is 2.75. The average Bonchev–Trinajstić information content (AvgIpc) is 2.48. The summed E-state index contributed by atoms with van der Waals surface area (Å²) >= 11 is 0.765. The van der Waals surface area contributed by atoms with Crippen LogP contribution in [-0.4, -0.2) is 14.8 Å². The molecule has 0 fully saturated rings. The Kier molecular flexibility index (Phi) is 4.41. The molecule has 0 radical (unpaired) electrons. The maximum Gasteiger partial charge on any atom is 0.290 e. The monoisotopic (exact) mass is 336 g/mol. The third-order valence-corrected chi connectivity index (χ3v) is 3.88. The van der Waals surface area contributed by atoms with Gasteiger partial charge in [0.15, 0.2) is 0 Å². The number of nitrogens with two attached hydrogens (primary N) is 1. The molecular weight excluding hydrogens is 328 g/mol. The summed E-state index contributed by atoms with van der Waals surface area (Å²) in [4.78, 5) is 30.8. The summed E-state index contributed by atoms with van der Waals surface area (Å²) in [5.41, 5.74) is 4.43. The van der Waals surface area contributed by atoms with Crippen molar-refractivity contribution < 1.29 is 14.8 Å². The Morgan fingerprint density at radius 2 is 1.30 bits per heavy atom. The van der Waals surface area contributed by atoms with Crippen molar-refractivity contribution in [1.82, 2.24) is 0 Å². The smallest absolute Gasteiger partial charge is 0.290 e. The highest BCUT2D eigenvalue weighted by Crippen LogP contribution is 2.41. The molecule has 11 heteroatoms. The van der Waals surface area contributed by atoms with Gasteiger partial charge in [0.2, 0.25) is 0 Å². The van der Waals surface area contributed by atoms with Crippen molar-refractivity contribution >= 4 is 34.5 Å². The van der Waals surface area contributed by atoms with Crippen LogP contribution in [0.15, 0.2) is 46.2 Å². The molecule has 0 aliphatic carbocycles. The minimum absolute atomic E-state index is 0.0495. The summed E-state index contributed by atoms with van der Waals surface area (Å²) in [7, 11) is 0. The van der Waals surface area contributed by atoms with Crippen LogP contribution in [-0.2, 0) is 0 Å². The molecule has 118 valence electrons. The molecule has 0 spiro atoms. The Balaban J connectivity index is 2.50. The van der Waals surface area contributed by atoms with Gasteiger partial charge in [-0.2, -0.15) is 0 Å². The van der Waals surface area contributed by atoms with E-state index in [4.69, 9.17) is 5.73 Å². The Labute approximate surface area is 132 Å². The minimum atomic E-state index is -0.779. The van der Waals surface area contributed by atoms with Crippen LogP contribution in [0.25, 0.3) is 0 Å². The van der Waals surface area contributed by atoms with Crippen LogP contribution < -0.4 is 5.73 Å². The van der Waals surface area contributed by atoms with Gasteiger partial charge in [-0.1, -0.05) is 11.8 Å². The molecule has 0 amide bonds. The van der Waals surface area contributed by atoms with Crippen LogP contribution in [0.3, 0.4) is 0 Å². The third kappa shape index (κ3) is 3.52. The van der Waals surface area contributed by atoms with Gasteiger partial charge in [0.05, 0.1) is 30.6 Å². The van der Waals surface area contributed by atoms with Crippen molar-refractivity contribution in [2.45, 2.75) is 9.79 Å². The van der Waals surface area contributed by atoms with Crippen molar-refractivity contribution in [3.05, 3.63) is 66.7 Å². The first-order chi connectivity index (χ1) is 10.8. The second-order valence-electron chi connectivity index (χ2n) is 4.25. The molecule has 0 unspecified atom stereocenters. The van der Waals surface area contributed by atoms with Crippen LogP contribution in [0.5, 0.6) is 0 Å². The maximum atomic E-state index is 11.1. The molecule has 23 heavy (non-hydrogen) atoms. The van der Waals surface area contributed by atoms with Crippen molar-refractivity contribution in [2.75, 3.05) is 5.73 Å². The molecule has 0 bridgehead atoms. The van der Waals surface area contributed by atoms with Crippen LogP contribution in [0.1, 0.15) is 0 Å². The highest BCUT2D eigenvalue weighted by molar-refractivity contribution is 7.99. The Hall–Kier alpha value is -3.21. The number of non-ortho nitro benzene ring substituents is 1. The lowest BCUT2D eigenvalue weighted by molar-refractivity contribution is -0.396. The summed E-state index contributed by atoms with van der Waals surface area (Å²) < 4.78 is 0. The van der Waals surface area contributed by atoms with Crippen molar-refractivity contribution in [2.24, 2.45) is 0 Å². The van der Waals surface area contributed by atoms with Crippen molar-refractivity contribution in [3.8, 4) is 0 Å². The molecule has 0 aromatic heterocycles. The van der Waals surface area contributed by atoms with Crippen LogP contribution in [0.2, 0.25) is 0 Å². The molecule has 0 aliphatic rings.